The van der Waals surface area contributed by atoms with E-state index in [4.69, 9.17) is 4.52 Å². The van der Waals surface area contributed by atoms with E-state index in [9.17, 15) is 22.8 Å². The molecule has 1 aliphatic rings. The molecule has 0 fully saturated rings. The number of carbonyl (C=O) groups excluding carboxylic acids is 2. The quantitative estimate of drug-likeness (QED) is 0.400. The van der Waals surface area contributed by atoms with Gasteiger partial charge in [-0.1, -0.05) is 5.16 Å². The smallest absolute Gasteiger partial charge is 0.358 e. The standard InChI is InChI=1S/C22H18F3N7O3/c1-10(28-21(34)18-12-3-2-4-17(33)31-19(12)27-9-26-18)16-8-15(32-35-16)20-29-13-6-5-11(22(23,24)25)7-14(13)30-20/h5-10H,2-4H2,1H3,(H,28,34)(H,29,30)(H,26,27,31,33)/t10-/m0/s1. The number of benzene rings is 1. The topological polar surface area (TPSA) is 139 Å². The summed E-state index contributed by atoms with van der Waals surface area (Å²) >= 11 is 0. The molecule has 3 N–H and O–H groups in total. The number of carbonyl (C=O) groups is 2. The first-order valence-corrected chi connectivity index (χ1v) is 10.7. The molecule has 1 atom stereocenters. The van der Waals surface area contributed by atoms with Crippen molar-refractivity contribution in [1.29, 1.82) is 0 Å². The molecule has 0 saturated carbocycles. The van der Waals surface area contributed by atoms with E-state index in [1.807, 2.05) is 0 Å². The lowest BCUT2D eigenvalue weighted by Crippen LogP contribution is -2.28. The molecule has 3 aromatic heterocycles. The fraction of sp³-hybridized carbons (Fsp3) is 0.273. The number of rotatable bonds is 4. The molecule has 0 spiro atoms. The molecular weight excluding hydrogens is 467 g/mol. The van der Waals surface area contributed by atoms with Crippen LogP contribution in [0.25, 0.3) is 22.6 Å². The van der Waals surface area contributed by atoms with Gasteiger partial charge in [0, 0.05) is 18.1 Å². The molecule has 4 aromatic rings. The number of amides is 2. The van der Waals surface area contributed by atoms with Crippen molar-refractivity contribution in [3.8, 4) is 11.5 Å². The van der Waals surface area contributed by atoms with E-state index in [0.717, 1.165) is 12.1 Å². The number of halogens is 3. The minimum absolute atomic E-state index is 0.154. The molecular formula is C22H18F3N7O3. The summed E-state index contributed by atoms with van der Waals surface area (Å²) in [6.45, 7) is 1.68. The van der Waals surface area contributed by atoms with Crippen LogP contribution in [0.2, 0.25) is 0 Å². The molecule has 180 valence electrons. The molecule has 10 nitrogen and oxygen atoms in total. The number of nitrogens with zero attached hydrogens (tertiary/aromatic N) is 4. The van der Waals surface area contributed by atoms with Gasteiger partial charge in [-0.25, -0.2) is 15.0 Å². The van der Waals surface area contributed by atoms with Gasteiger partial charge in [-0.05, 0) is 38.0 Å². The van der Waals surface area contributed by atoms with Gasteiger partial charge in [0.2, 0.25) is 5.91 Å². The maximum absolute atomic E-state index is 13.0. The number of fused-ring (bicyclic) bond motifs is 2. The fourth-order valence-corrected chi connectivity index (χ4v) is 3.82. The van der Waals surface area contributed by atoms with Gasteiger partial charge in [-0.3, -0.25) is 9.59 Å². The Morgan fingerprint density at radius 1 is 1.20 bits per heavy atom. The van der Waals surface area contributed by atoms with Gasteiger partial charge in [-0.2, -0.15) is 13.2 Å². The van der Waals surface area contributed by atoms with Crippen LogP contribution in [0.4, 0.5) is 19.0 Å². The zero-order chi connectivity index (χ0) is 24.7. The normalized spacial score (nSPS) is 14.8. The van der Waals surface area contributed by atoms with Crippen LogP contribution in [0.5, 0.6) is 0 Å². The second kappa shape index (κ2) is 8.49. The zero-order valence-electron chi connectivity index (χ0n) is 18.2. The third kappa shape index (κ3) is 4.44. The van der Waals surface area contributed by atoms with Gasteiger partial charge in [-0.15, -0.1) is 0 Å². The highest BCUT2D eigenvalue weighted by Gasteiger charge is 2.31. The van der Waals surface area contributed by atoms with Crippen LogP contribution < -0.4 is 10.6 Å². The van der Waals surface area contributed by atoms with Crippen LogP contribution >= 0.6 is 0 Å². The second-order valence-electron chi connectivity index (χ2n) is 8.08. The fourth-order valence-electron chi connectivity index (χ4n) is 3.82. The summed E-state index contributed by atoms with van der Waals surface area (Å²) in [7, 11) is 0. The van der Waals surface area contributed by atoms with Crippen LogP contribution in [0, 0.1) is 0 Å². The minimum atomic E-state index is -4.47. The zero-order valence-corrected chi connectivity index (χ0v) is 18.2. The predicted molar refractivity (Wildman–Crippen MR) is 116 cm³/mol. The van der Waals surface area contributed by atoms with Gasteiger partial charge in [0.25, 0.3) is 5.91 Å². The molecule has 1 aromatic carbocycles. The molecule has 35 heavy (non-hydrogen) atoms. The summed E-state index contributed by atoms with van der Waals surface area (Å²) in [6.07, 6.45) is -1.89. The maximum Gasteiger partial charge on any atom is 0.416 e. The van der Waals surface area contributed by atoms with Crippen LogP contribution in [0.3, 0.4) is 0 Å². The Morgan fingerprint density at radius 2 is 2.03 bits per heavy atom. The number of alkyl halides is 3. The number of imidazole rings is 1. The van der Waals surface area contributed by atoms with E-state index in [1.165, 1.54) is 18.5 Å². The van der Waals surface area contributed by atoms with Crippen molar-refractivity contribution in [3.63, 3.8) is 0 Å². The van der Waals surface area contributed by atoms with E-state index in [0.29, 0.717) is 41.9 Å². The number of hydrogen-bond acceptors (Lipinski definition) is 7. The summed E-state index contributed by atoms with van der Waals surface area (Å²) in [4.78, 5) is 39.9. The van der Waals surface area contributed by atoms with E-state index >= 15 is 0 Å². The second-order valence-corrected chi connectivity index (χ2v) is 8.08. The Kier molecular flexibility index (Phi) is 5.46. The Bertz CT molecular complexity index is 1440. The van der Waals surface area contributed by atoms with Crippen molar-refractivity contribution in [2.24, 2.45) is 0 Å². The molecule has 0 aliphatic carbocycles. The predicted octanol–water partition coefficient (Wildman–Crippen LogP) is 3.79. The molecule has 2 amide bonds. The average Bonchev–Trinajstić information content (AvgIpc) is 3.41. The minimum Gasteiger partial charge on any atom is -0.358 e. The number of hydrogen-bond donors (Lipinski definition) is 3. The number of aromatic nitrogens is 5. The van der Waals surface area contributed by atoms with Crippen molar-refractivity contribution in [3.05, 3.63) is 53.2 Å². The Hall–Kier alpha value is -4.29. The summed E-state index contributed by atoms with van der Waals surface area (Å²) in [5, 5.41) is 9.38. The van der Waals surface area contributed by atoms with Crippen molar-refractivity contribution in [2.75, 3.05) is 5.32 Å². The summed E-state index contributed by atoms with van der Waals surface area (Å²) < 4.78 is 44.3. The largest absolute Gasteiger partial charge is 0.416 e. The Balaban J connectivity index is 1.35. The third-order valence-electron chi connectivity index (χ3n) is 5.60. The average molecular weight is 485 g/mol. The van der Waals surface area contributed by atoms with Crippen LogP contribution in [0.1, 0.15) is 53.2 Å². The monoisotopic (exact) mass is 485 g/mol. The lowest BCUT2D eigenvalue weighted by molar-refractivity contribution is -0.137. The molecule has 0 bridgehead atoms. The van der Waals surface area contributed by atoms with E-state index < -0.39 is 23.7 Å². The number of anilines is 1. The van der Waals surface area contributed by atoms with Crippen LogP contribution in [-0.2, 0) is 17.4 Å². The Labute approximate surface area is 195 Å². The summed E-state index contributed by atoms with van der Waals surface area (Å²) in [5.74, 6) is 0.203. The lowest BCUT2D eigenvalue weighted by atomic mass is 10.1. The molecule has 4 heterocycles. The van der Waals surface area contributed by atoms with Gasteiger partial charge in [0.1, 0.15) is 23.5 Å². The lowest BCUT2D eigenvalue weighted by Gasteiger charge is -2.13. The van der Waals surface area contributed by atoms with Crippen molar-refractivity contribution >= 4 is 28.7 Å². The molecule has 5 rings (SSSR count). The number of H-pyrrole nitrogens is 1. The Morgan fingerprint density at radius 3 is 2.83 bits per heavy atom. The van der Waals surface area contributed by atoms with E-state index in [1.54, 1.807) is 6.92 Å². The van der Waals surface area contributed by atoms with Crippen molar-refractivity contribution in [2.45, 2.75) is 38.4 Å². The van der Waals surface area contributed by atoms with Gasteiger partial charge < -0.3 is 20.1 Å². The first-order valence-electron chi connectivity index (χ1n) is 10.7. The summed E-state index contributed by atoms with van der Waals surface area (Å²) in [5.41, 5.74) is 0.736. The van der Waals surface area contributed by atoms with Crippen molar-refractivity contribution < 1.29 is 27.3 Å². The first kappa shape index (κ1) is 22.5. The van der Waals surface area contributed by atoms with E-state index in [-0.39, 0.29) is 28.6 Å². The van der Waals surface area contributed by atoms with Crippen molar-refractivity contribution in [1.82, 2.24) is 30.4 Å². The SMILES string of the molecule is C[C@H](NC(=O)c1ncnc2c1CCCC(=O)N2)c1cc(-c2nc3ccc(C(F)(F)F)cc3[nH]2)no1. The van der Waals surface area contributed by atoms with E-state index in [2.05, 4.69) is 35.7 Å². The molecule has 0 radical (unpaired) electrons. The number of nitrogens with one attached hydrogen (secondary N) is 3. The van der Waals surface area contributed by atoms with Gasteiger partial charge >= 0.3 is 6.18 Å². The van der Waals surface area contributed by atoms with Gasteiger partial charge in [0.15, 0.2) is 11.6 Å². The summed E-state index contributed by atoms with van der Waals surface area (Å²) in [6, 6.07) is 4.13. The number of aromatic amines is 1. The molecule has 13 heteroatoms. The third-order valence-corrected chi connectivity index (χ3v) is 5.60. The van der Waals surface area contributed by atoms with Crippen LogP contribution in [0.15, 0.2) is 35.1 Å². The van der Waals surface area contributed by atoms with Gasteiger partial charge in [0.05, 0.1) is 22.6 Å². The highest BCUT2D eigenvalue weighted by molar-refractivity contribution is 5.97. The highest BCUT2D eigenvalue weighted by Crippen LogP contribution is 2.32. The highest BCUT2D eigenvalue weighted by atomic mass is 19.4. The molecule has 0 unspecified atom stereocenters. The molecule has 0 saturated heterocycles. The first-order chi connectivity index (χ1) is 16.7. The molecule has 1 aliphatic heterocycles. The van der Waals surface area contributed by atoms with Crippen LogP contribution in [-0.4, -0.2) is 36.9 Å². The maximum atomic E-state index is 13.0.